The summed E-state index contributed by atoms with van der Waals surface area (Å²) in [4.78, 5) is 21.4. The Morgan fingerprint density at radius 3 is 2.63 bits per heavy atom. The normalized spacial score (nSPS) is 10.7. The Hall–Kier alpha value is -2.56. The fourth-order valence-corrected chi connectivity index (χ4v) is 1.20. The van der Waals surface area contributed by atoms with Crippen LogP contribution in [-0.2, 0) is 16.1 Å². The maximum absolute atomic E-state index is 11.3. The quantitative estimate of drug-likeness (QED) is 0.607. The number of aliphatic carboxylic acids is 1. The van der Waals surface area contributed by atoms with Crippen molar-refractivity contribution < 1.29 is 19.4 Å². The van der Waals surface area contributed by atoms with Crippen LogP contribution in [0.15, 0.2) is 54.6 Å². The minimum atomic E-state index is -1.01. The van der Waals surface area contributed by atoms with E-state index in [0.717, 1.165) is 11.6 Å². The number of carboxylic acids is 1. The summed E-state index contributed by atoms with van der Waals surface area (Å²) < 4.78 is 4.98. The molecule has 5 nitrogen and oxygen atoms in total. The molecule has 0 saturated carbocycles. The Kier molecular flexibility index (Phi) is 6.50. The van der Waals surface area contributed by atoms with Gasteiger partial charge in [0.15, 0.2) is 0 Å². The van der Waals surface area contributed by atoms with E-state index < -0.39 is 12.1 Å². The summed E-state index contributed by atoms with van der Waals surface area (Å²) >= 11 is 0. The molecule has 1 aromatic rings. The molecule has 0 aromatic heterocycles. The van der Waals surface area contributed by atoms with Gasteiger partial charge in [-0.25, -0.2) is 9.59 Å². The lowest BCUT2D eigenvalue weighted by Crippen LogP contribution is -2.24. The summed E-state index contributed by atoms with van der Waals surface area (Å²) in [5, 5.41) is 10.8. The Labute approximate surface area is 111 Å². The predicted octanol–water partition coefficient (Wildman–Crippen LogP) is 2.11. The Morgan fingerprint density at radius 2 is 1.95 bits per heavy atom. The SMILES string of the molecule is O=C(O)/C=C/C=C/CNC(=O)OCc1ccccc1. The molecule has 0 spiro atoms. The third-order valence-electron chi connectivity index (χ3n) is 2.06. The van der Waals surface area contributed by atoms with Crippen LogP contribution in [0.4, 0.5) is 4.79 Å². The first-order chi connectivity index (χ1) is 9.18. The molecule has 0 bridgehead atoms. The largest absolute Gasteiger partial charge is 0.478 e. The van der Waals surface area contributed by atoms with Crippen molar-refractivity contribution in [2.75, 3.05) is 6.54 Å². The molecule has 19 heavy (non-hydrogen) atoms. The zero-order valence-corrected chi connectivity index (χ0v) is 10.3. The summed E-state index contributed by atoms with van der Waals surface area (Å²) in [6, 6.07) is 9.36. The van der Waals surface area contributed by atoms with E-state index in [1.165, 1.54) is 12.2 Å². The number of carbonyl (C=O) groups is 2. The number of hydrogen-bond acceptors (Lipinski definition) is 3. The lowest BCUT2D eigenvalue weighted by Gasteiger charge is -2.04. The third-order valence-corrected chi connectivity index (χ3v) is 2.06. The van der Waals surface area contributed by atoms with E-state index in [4.69, 9.17) is 9.84 Å². The third kappa shape index (κ3) is 7.38. The molecule has 0 radical (unpaired) electrons. The van der Waals surface area contributed by atoms with E-state index in [9.17, 15) is 9.59 Å². The number of allylic oxidation sites excluding steroid dienone is 2. The minimum absolute atomic E-state index is 0.218. The molecule has 0 aliphatic heterocycles. The fraction of sp³-hybridized carbons (Fsp3) is 0.143. The van der Waals surface area contributed by atoms with Gasteiger partial charge in [0, 0.05) is 12.6 Å². The van der Waals surface area contributed by atoms with E-state index in [1.807, 2.05) is 30.3 Å². The van der Waals surface area contributed by atoms with Gasteiger partial charge in [0.25, 0.3) is 0 Å². The van der Waals surface area contributed by atoms with Gasteiger partial charge < -0.3 is 15.2 Å². The van der Waals surface area contributed by atoms with E-state index in [0.29, 0.717) is 0 Å². The number of hydrogen-bond donors (Lipinski definition) is 2. The van der Waals surface area contributed by atoms with Gasteiger partial charge in [0.1, 0.15) is 6.61 Å². The monoisotopic (exact) mass is 261 g/mol. The van der Waals surface area contributed by atoms with Gasteiger partial charge in [-0.15, -0.1) is 0 Å². The Balaban J connectivity index is 2.16. The van der Waals surface area contributed by atoms with Crippen molar-refractivity contribution in [3.63, 3.8) is 0 Å². The predicted molar refractivity (Wildman–Crippen MR) is 70.5 cm³/mol. The number of rotatable bonds is 6. The standard InChI is InChI=1S/C14H15NO4/c16-13(17)9-5-2-6-10-15-14(18)19-11-12-7-3-1-4-8-12/h1-9H,10-11H2,(H,15,18)(H,16,17)/b6-2+,9-5+. The van der Waals surface area contributed by atoms with Gasteiger partial charge in [-0.1, -0.05) is 48.6 Å². The zero-order valence-electron chi connectivity index (χ0n) is 10.3. The topological polar surface area (TPSA) is 75.6 Å². The number of nitrogens with one attached hydrogen (secondary N) is 1. The Morgan fingerprint density at radius 1 is 1.21 bits per heavy atom. The van der Waals surface area contributed by atoms with Crippen LogP contribution in [0, 0.1) is 0 Å². The van der Waals surface area contributed by atoms with Gasteiger partial charge in [-0.05, 0) is 5.56 Å². The lowest BCUT2D eigenvalue weighted by atomic mass is 10.2. The van der Waals surface area contributed by atoms with Crippen molar-refractivity contribution in [1.29, 1.82) is 0 Å². The second-order valence-corrected chi connectivity index (χ2v) is 3.57. The van der Waals surface area contributed by atoms with Crippen molar-refractivity contribution in [1.82, 2.24) is 5.32 Å². The zero-order chi connectivity index (χ0) is 13.9. The summed E-state index contributed by atoms with van der Waals surface area (Å²) in [6.45, 7) is 0.493. The maximum Gasteiger partial charge on any atom is 0.407 e. The van der Waals surface area contributed by atoms with Gasteiger partial charge in [-0.3, -0.25) is 0 Å². The molecule has 1 amide bonds. The highest BCUT2D eigenvalue weighted by Crippen LogP contribution is 2.00. The van der Waals surface area contributed by atoms with Crippen molar-refractivity contribution in [3.8, 4) is 0 Å². The molecule has 1 rings (SSSR count). The average Bonchev–Trinajstić information content (AvgIpc) is 2.41. The molecule has 0 fully saturated rings. The molecule has 100 valence electrons. The van der Waals surface area contributed by atoms with Crippen LogP contribution in [0.2, 0.25) is 0 Å². The number of amides is 1. The van der Waals surface area contributed by atoms with Gasteiger partial charge >= 0.3 is 12.1 Å². The summed E-state index contributed by atoms with van der Waals surface area (Å²) in [5.74, 6) is -1.01. The first kappa shape index (κ1) is 14.5. The van der Waals surface area contributed by atoms with Crippen LogP contribution in [0.25, 0.3) is 0 Å². The summed E-state index contributed by atoms with van der Waals surface area (Å²) in [5.41, 5.74) is 0.914. The molecule has 2 N–H and O–H groups in total. The second kappa shape index (κ2) is 8.52. The number of ether oxygens (including phenoxy) is 1. The van der Waals surface area contributed by atoms with E-state index in [-0.39, 0.29) is 13.2 Å². The molecule has 1 aromatic carbocycles. The summed E-state index contributed by atoms with van der Waals surface area (Å²) in [6.07, 6.45) is 5.01. The number of carbonyl (C=O) groups excluding carboxylic acids is 1. The van der Waals surface area contributed by atoms with Gasteiger partial charge in [-0.2, -0.15) is 0 Å². The van der Waals surface area contributed by atoms with E-state index in [1.54, 1.807) is 6.08 Å². The van der Waals surface area contributed by atoms with Crippen molar-refractivity contribution in [3.05, 3.63) is 60.2 Å². The maximum atomic E-state index is 11.3. The van der Waals surface area contributed by atoms with Gasteiger partial charge in [0.2, 0.25) is 0 Å². The molecule has 0 aliphatic carbocycles. The molecule has 0 atom stereocenters. The van der Waals surface area contributed by atoms with Crippen LogP contribution in [0.1, 0.15) is 5.56 Å². The molecular formula is C14H15NO4. The first-order valence-corrected chi connectivity index (χ1v) is 5.69. The Bertz CT molecular complexity index is 466. The smallest absolute Gasteiger partial charge is 0.407 e. The molecular weight excluding hydrogens is 246 g/mol. The van der Waals surface area contributed by atoms with E-state index >= 15 is 0 Å². The van der Waals surface area contributed by atoms with Gasteiger partial charge in [0.05, 0.1) is 0 Å². The second-order valence-electron chi connectivity index (χ2n) is 3.57. The summed E-state index contributed by atoms with van der Waals surface area (Å²) in [7, 11) is 0. The van der Waals surface area contributed by atoms with Crippen molar-refractivity contribution >= 4 is 12.1 Å². The van der Waals surface area contributed by atoms with Crippen LogP contribution < -0.4 is 5.32 Å². The van der Waals surface area contributed by atoms with Crippen molar-refractivity contribution in [2.24, 2.45) is 0 Å². The van der Waals surface area contributed by atoms with Crippen LogP contribution in [0.5, 0.6) is 0 Å². The molecule has 5 heteroatoms. The molecule has 0 aliphatic rings. The average molecular weight is 261 g/mol. The highest BCUT2D eigenvalue weighted by molar-refractivity contribution is 5.80. The number of alkyl carbamates (subject to hydrolysis) is 1. The van der Waals surface area contributed by atoms with Crippen molar-refractivity contribution in [2.45, 2.75) is 6.61 Å². The van der Waals surface area contributed by atoms with Crippen LogP contribution >= 0.6 is 0 Å². The molecule has 0 unspecified atom stereocenters. The lowest BCUT2D eigenvalue weighted by molar-refractivity contribution is -0.131. The van der Waals surface area contributed by atoms with Crippen LogP contribution in [0.3, 0.4) is 0 Å². The highest BCUT2D eigenvalue weighted by atomic mass is 16.5. The highest BCUT2D eigenvalue weighted by Gasteiger charge is 1.99. The molecule has 0 saturated heterocycles. The van der Waals surface area contributed by atoms with E-state index in [2.05, 4.69) is 5.32 Å². The first-order valence-electron chi connectivity index (χ1n) is 5.69. The fourth-order valence-electron chi connectivity index (χ4n) is 1.20. The minimum Gasteiger partial charge on any atom is -0.478 e. The van der Waals surface area contributed by atoms with Crippen LogP contribution in [-0.4, -0.2) is 23.7 Å². The number of carboxylic acid groups (broad SMARTS) is 1. The molecule has 0 heterocycles. The number of benzene rings is 1.